The summed E-state index contributed by atoms with van der Waals surface area (Å²) in [5, 5.41) is 2.63. The average molecular weight is 280 g/mol. The van der Waals surface area contributed by atoms with Gasteiger partial charge in [0, 0.05) is 13.1 Å². The van der Waals surface area contributed by atoms with Crippen molar-refractivity contribution >= 4 is 18.6 Å². The van der Waals surface area contributed by atoms with Gasteiger partial charge in [0.2, 0.25) is 0 Å². The van der Waals surface area contributed by atoms with Crippen molar-refractivity contribution in [2.75, 3.05) is 6.54 Å². The Labute approximate surface area is 117 Å². The SMILES string of the molecule is CC1(C)OB(c2cc(F)c3n2CCNC3=O)OC1(C)C. The number of carbonyl (C=O) groups is 1. The highest BCUT2D eigenvalue weighted by molar-refractivity contribution is 6.61. The Kier molecular flexibility index (Phi) is 2.78. The van der Waals surface area contributed by atoms with E-state index in [1.807, 2.05) is 27.7 Å². The van der Waals surface area contributed by atoms with E-state index in [0.29, 0.717) is 18.7 Å². The van der Waals surface area contributed by atoms with E-state index in [1.165, 1.54) is 6.07 Å². The molecular weight excluding hydrogens is 262 g/mol. The van der Waals surface area contributed by atoms with Crippen LogP contribution in [0.15, 0.2) is 6.07 Å². The molecule has 0 spiro atoms. The largest absolute Gasteiger partial charge is 0.512 e. The van der Waals surface area contributed by atoms with Crippen LogP contribution in [0.1, 0.15) is 38.2 Å². The van der Waals surface area contributed by atoms with Gasteiger partial charge in [-0.1, -0.05) is 0 Å². The molecule has 1 fully saturated rings. The number of hydrogen-bond acceptors (Lipinski definition) is 3. The summed E-state index contributed by atoms with van der Waals surface area (Å²) in [5.74, 6) is -0.927. The summed E-state index contributed by atoms with van der Waals surface area (Å²) in [6.07, 6.45) is 0. The third kappa shape index (κ3) is 1.80. The van der Waals surface area contributed by atoms with Gasteiger partial charge in [-0.25, -0.2) is 4.39 Å². The summed E-state index contributed by atoms with van der Waals surface area (Å²) in [4.78, 5) is 11.7. The number of hydrogen-bond donors (Lipinski definition) is 1. The molecular formula is C13H18BFN2O3. The number of aromatic nitrogens is 1. The number of rotatable bonds is 1. The monoisotopic (exact) mass is 280 g/mol. The molecule has 1 amide bonds. The molecule has 1 aromatic heterocycles. The molecule has 0 radical (unpaired) electrons. The predicted octanol–water partition coefficient (Wildman–Crippen LogP) is 0.670. The van der Waals surface area contributed by atoms with Crippen molar-refractivity contribution in [3.8, 4) is 0 Å². The fourth-order valence-electron chi connectivity index (χ4n) is 2.53. The zero-order chi connectivity index (χ0) is 14.7. The Bertz CT molecular complexity index is 566. The van der Waals surface area contributed by atoms with Gasteiger partial charge in [-0.05, 0) is 33.8 Å². The predicted molar refractivity (Wildman–Crippen MR) is 72.4 cm³/mol. The van der Waals surface area contributed by atoms with E-state index in [4.69, 9.17) is 9.31 Å². The fourth-order valence-corrected chi connectivity index (χ4v) is 2.53. The Morgan fingerprint density at radius 2 is 1.90 bits per heavy atom. The standard InChI is InChI=1S/C13H18BFN2O3/c1-12(2)13(3,4)20-14(19-12)9-7-8(15)10-11(18)16-5-6-17(9)10/h7H,5-6H2,1-4H3,(H,16,18). The smallest absolute Gasteiger partial charge is 0.398 e. The number of nitrogens with one attached hydrogen (secondary N) is 1. The van der Waals surface area contributed by atoms with Gasteiger partial charge in [-0.3, -0.25) is 4.79 Å². The maximum atomic E-state index is 14.0. The van der Waals surface area contributed by atoms with Gasteiger partial charge in [0.05, 0.1) is 16.8 Å². The molecule has 0 saturated carbocycles. The van der Waals surface area contributed by atoms with E-state index in [-0.39, 0.29) is 5.69 Å². The molecule has 1 saturated heterocycles. The highest BCUT2D eigenvalue weighted by atomic mass is 19.1. The van der Waals surface area contributed by atoms with Crippen LogP contribution in [-0.4, -0.2) is 35.3 Å². The van der Waals surface area contributed by atoms with Crippen molar-refractivity contribution in [3.63, 3.8) is 0 Å². The lowest BCUT2D eigenvalue weighted by molar-refractivity contribution is 0.00578. The molecule has 0 aromatic carbocycles. The Balaban J connectivity index is 2.01. The van der Waals surface area contributed by atoms with Gasteiger partial charge >= 0.3 is 7.12 Å². The van der Waals surface area contributed by atoms with E-state index in [2.05, 4.69) is 5.32 Å². The molecule has 108 valence electrons. The molecule has 2 aliphatic heterocycles. The van der Waals surface area contributed by atoms with Gasteiger partial charge in [0.15, 0.2) is 5.82 Å². The second-order valence-electron chi connectivity index (χ2n) is 6.26. The first-order valence-electron chi connectivity index (χ1n) is 6.76. The molecule has 0 aliphatic carbocycles. The first kappa shape index (κ1) is 13.6. The number of nitrogens with zero attached hydrogens (tertiary/aromatic N) is 1. The van der Waals surface area contributed by atoms with E-state index < -0.39 is 30.0 Å². The highest BCUT2D eigenvalue weighted by Gasteiger charge is 2.53. The van der Waals surface area contributed by atoms with Gasteiger partial charge < -0.3 is 19.2 Å². The molecule has 0 bridgehead atoms. The maximum Gasteiger partial charge on any atom is 0.512 e. The molecule has 3 rings (SSSR count). The zero-order valence-corrected chi connectivity index (χ0v) is 12.1. The first-order valence-corrected chi connectivity index (χ1v) is 6.76. The Morgan fingerprint density at radius 1 is 1.30 bits per heavy atom. The summed E-state index contributed by atoms with van der Waals surface area (Å²) in [7, 11) is -0.658. The van der Waals surface area contributed by atoms with Crippen molar-refractivity contribution in [2.45, 2.75) is 45.4 Å². The molecule has 0 unspecified atom stereocenters. The summed E-state index contributed by atoms with van der Waals surface area (Å²) < 4.78 is 27.5. The number of carbonyl (C=O) groups excluding carboxylic acids is 1. The quantitative estimate of drug-likeness (QED) is 0.769. The van der Waals surface area contributed by atoms with Crippen LogP contribution in [0.25, 0.3) is 0 Å². The second kappa shape index (κ2) is 4.08. The van der Waals surface area contributed by atoms with E-state index in [9.17, 15) is 9.18 Å². The third-order valence-corrected chi connectivity index (χ3v) is 4.41. The van der Waals surface area contributed by atoms with E-state index >= 15 is 0 Å². The van der Waals surface area contributed by atoms with Crippen molar-refractivity contribution in [1.82, 2.24) is 9.88 Å². The summed E-state index contributed by atoms with van der Waals surface area (Å²) in [6, 6.07) is 1.34. The average Bonchev–Trinajstić information content (AvgIpc) is 2.76. The molecule has 1 aromatic rings. The normalized spacial score (nSPS) is 23.6. The highest BCUT2D eigenvalue weighted by Crippen LogP contribution is 2.36. The van der Waals surface area contributed by atoms with E-state index in [1.54, 1.807) is 4.57 Å². The minimum Gasteiger partial charge on any atom is -0.398 e. The molecule has 2 aliphatic rings. The van der Waals surface area contributed by atoms with Gasteiger partial charge in [-0.2, -0.15) is 0 Å². The molecule has 3 heterocycles. The zero-order valence-electron chi connectivity index (χ0n) is 12.1. The van der Waals surface area contributed by atoms with Crippen molar-refractivity contribution in [3.05, 3.63) is 17.6 Å². The number of fused-ring (bicyclic) bond motifs is 1. The van der Waals surface area contributed by atoms with Crippen LogP contribution >= 0.6 is 0 Å². The summed E-state index contributed by atoms with van der Waals surface area (Å²) >= 11 is 0. The number of halogens is 1. The van der Waals surface area contributed by atoms with Gasteiger partial charge in [-0.15, -0.1) is 0 Å². The second-order valence-corrected chi connectivity index (χ2v) is 6.26. The van der Waals surface area contributed by atoms with Crippen LogP contribution in [-0.2, 0) is 15.9 Å². The van der Waals surface area contributed by atoms with Crippen molar-refractivity contribution in [2.24, 2.45) is 0 Å². The van der Waals surface area contributed by atoms with Crippen LogP contribution in [0, 0.1) is 5.82 Å². The van der Waals surface area contributed by atoms with Crippen molar-refractivity contribution < 1.29 is 18.5 Å². The minimum atomic E-state index is -0.658. The van der Waals surface area contributed by atoms with Crippen molar-refractivity contribution in [1.29, 1.82) is 0 Å². The van der Waals surface area contributed by atoms with Gasteiger partial charge in [0.25, 0.3) is 5.91 Å². The maximum absolute atomic E-state index is 14.0. The lowest BCUT2D eigenvalue weighted by Gasteiger charge is -2.32. The minimum absolute atomic E-state index is 0.0564. The topological polar surface area (TPSA) is 52.5 Å². The van der Waals surface area contributed by atoms with Crippen LogP contribution in [0.5, 0.6) is 0 Å². The van der Waals surface area contributed by atoms with Crippen LogP contribution in [0.4, 0.5) is 4.39 Å². The molecule has 5 nitrogen and oxygen atoms in total. The van der Waals surface area contributed by atoms with Crippen LogP contribution in [0.3, 0.4) is 0 Å². The van der Waals surface area contributed by atoms with Crippen LogP contribution in [0.2, 0.25) is 0 Å². The Hall–Kier alpha value is -1.34. The first-order chi connectivity index (χ1) is 9.23. The Morgan fingerprint density at radius 3 is 2.50 bits per heavy atom. The molecule has 0 atom stereocenters. The molecule has 7 heteroatoms. The molecule has 1 N–H and O–H groups in total. The lowest BCUT2D eigenvalue weighted by Crippen LogP contribution is -2.45. The number of amides is 1. The molecule has 20 heavy (non-hydrogen) atoms. The van der Waals surface area contributed by atoms with Crippen LogP contribution < -0.4 is 10.9 Å². The van der Waals surface area contributed by atoms with E-state index in [0.717, 1.165) is 0 Å². The summed E-state index contributed by atoms with van der Waals surface area (Å²) in [6.45, 7) is 8.76. The van der Waals surface area contributed by atoms with Gasteiger partial charge in [0.1, 0.15) is 5.69 Å². The lowest BCUT2D eigenvalue weighted by atomic mass is 9.84. The fraction of sp³-hybridized carbons (Fsp3) is 0.615. The third-order valence-electron chi connectivity index (χ3n) is 4.41. The summed E-state index contributed by atoms with van der Waals surface area (Å²) in [5.41, 5.74) is -0.363.